The van der Waals surface area contributed by atoms with E-state index in [0.717, 1.165) is 28.1 Å². The fourth-order valence-corrected chi connectivity index (χ4v) is 3.16. The van der Waals surface area contributed by atoms with Crippen molar-refractivity contribution >= 4 is 17.3 Å². The Labute approximate surface area is 157 Å². The van der Waals surface area contributed by atoms with E-state index in [0.29, 0.717) is 12.3 Å². The highest BCUT2D eigenvalue weighted by atomic mass is 16.5. The number of aromatic nitrogens is 2. The van der Waals surface area contributed by atoms with Crippen molar-refractivity contribution in [3.8, 4) is 17.0 Å². The molecule has 3 aromatic rings. The number of amides is 1. The number of fused-ring (bicyclic) bond motifs is 1. The van der Waals surface area contributed by atoms with Gasteiger partial charge in [0, 0.05) is 61.6 Å². The molecule has 0 bridgehead atoms. The summed E-state index contributed by atoms with van der Waals surface area (Å²) in [6.45, 7) is 0. The van der Waals surface area contributed by atoms with Crippen molar-refractivity contribution in [2.75, 3.05) is 24.3 Å². The van der Waals surface area contributed by atoms with Crippen molar-refractivity contribution in [3.63, 3.8) is 0 Å². The van der Waals surface area contributed by atoms with Gasteiger partial charge in [0.15, 0.2) is 6.10 Å². The lowest BCUT2D eigenvalue weighted by Gasteiger charge is -2.15. The predicted octanol–water partition coefficient (Wildman–Crippen LogP) is 3.15. The molecule has 1 aromatic carbocycles. The fraction of sp³-hybridized carbons (Fsp3) is 0.190. The number of carbonyl (C=O) groups excluding carboxylic acids is 1. The number of nitrogens with one attached hydrogen (secondary N) is 1. The zero-order valence-electron chi connectivity index (χ0n) is 15.2. The van der Waals surface area contributed by atoms with Gasteiger partial charge in [-0.1, -0.05) is 12.1 Å². The van der Waals surface area contributed by atoms with Gasteiger partial charge in [0.1, 0.15) is 0 Å². The van der Waals surface area contributed by atoms with Gasteiger partial charge in [0.05, 0.1) is 0 Å². The molecule has 6 heteroatoms. The summed E-state index contributed by atoms with van der Waals surface area (Å²) in [6, 6.07) is 13.5. The van der Waals surface area contributed by atoms with Crippen LogP contribution in [0, 0.1) is 0 Å². The number of hydrogen-bond donors (Lipinski definition) is 1. The van der Waals surface area contributed by atoms with Crippen LogP contribution in [0.25, 0.3) is 11.1 Å². The summed E-state index contributed by atoms with van der Waals surface area (Å²) in [6.07, 6.45) is 5.11. The zero-order valence-corrected chi connectivity index (χ0v) is 15.2. The molecule has 4 rings (SSSR count). The minimum Gasteiger partial charge on any atom is -0.464 e. The molecule has 136 valence electrons. The highest BCUT2D eigenvalue weighted by Crippen LogP contribution is 2.35. The lowest BCUT2D eigenvalue weighted by Crippen LogP contribution is -2.31. The van der Waals surface area contributed by atoms with E-state index < -0.39 is 6.10 Å². The molecule has 27 heavy (non-hydrogen) atoms. The largest absolute Gasteiger partial charge is 0.464 e. The van der Waals surface area contributed by atoms with E-state index in [4.69, 9.17) is 4.74 Å². The molecule has 3 heterocycles. The molecule has 1 amide bonds. The van der Waals surface area contributed by atoms with Crippen LogP contribution in [0.1, 0.15) is 5.56 Å². The van der Waals surface area contributed by atoms with Crippen LogP contribution < -0.4 is 15.0 Å². The van der Waals surface area contributed by atoms with E-state index in [9.17, 15) is 4.79 Å². The van der Waals surface area contributed by atoms with Crippen LogP contribution in [0.3, 0.4) is 0 Å². The third-order valence-corrected chi connectivity index (χ3v) is 4.55. The van der Waals surface area contributed by atoms with Gasteiger partial charge in [-0.05, 0) is 35.9 Å². The normalized spacial score (nSPS) is 15.0. The van der Waals surface area contributed by atoms with Crippen LogP contribution >= 0.6 is 0 Å². The van der Waals surface area contributed by atoms with Crippen LogP contribution in [0.4, 0.5) is 11.4 Å². The van der Waals surface area contributed by atoms with Crippen molar-refractivity contribution in [3.05, 3.63) is 66.6 Å². The van der Waals surface area contributed by atoms with Crippen molar-refractivity contribution < 1.29 is 9.53 Å². The van der Waals surface area contributed by atoms with E-state index in [2.05, 4.69) is 15.3 Å². The Balaban J connectivity index is 1.53. The van der Waals surface area contributed by atoms with Crippen LogP contribution in [0.2, 0.25) is 0 Å². The van der Waals surface area contributed by atoms with Crippen molar-refractivity contribution in [2.24, 2.45) is 0 Å². The monoisotopic (exact) mass is 360 g/mol. The number of ether oxygens (including phenoxy) is 1. The Bertz CT molecular complexity index is 973. The molecule has 0 radical (unpaired) electrons. The van der Waals surface area contributed by atoms with Crippen LogP contribution in [0.15, 0.2) is 61.1 Å². The van der Waals surface area contributed by atoms with Crippen molar-refractivity contribution in [2.45, 2.75) is 12.5 Å². The molecule has 0 fully saturated rings. The van der Waals surface area contributed by atoms with Gasteiger partial charge < -0.3 is 15.0 Å². The summed E-state index contributed by atoms with van der Waals surface area (Å²) >= 11 is 0. The third-order valence-electron chi connectivity index (χ3n) is 4.55. The second-order valence-corrected chi connectivity index (χ2v) is 6.63. The molecule has 1 aliphatic heterocycles. The molecular weight excluding hydrogens is 340 g/mol. The maximum Gasteiger partial charge on any atom is 0.265 e. The smallest absolute Gasteiger partial charge is 0.265 e. The van der Waals surface area contributed by atoms with Gasteiger partial charge in [-0.15, -0.1) is 0 Å². The Morgan fingerprint density at radius 2 is 2.07 bits per heavy atom. The van der Waals surface area contributed by atoms with Gasteiger partial charge in [-0.3, -0.25) is 9.78 Å². The first-order chi connectivity index (χ1) is 13.1. The Kier molecular flexibility index (Phi) is 4.46. The average Bonchev–Trinajstić information content (AvgIpc) is 3.13. The standard InChI is InChI=1S/C21H20N4O2/c1-25(2)16-7-3-6-15(11-16)24-20(26)19-12-18-17(8-10-23-21(18)27-19)14-5-4-9-22-13-14/h3-11,13,19H,12H2,1-2H3,(H,24,26). The van der Waals surface area contributed by atoms with Crippen molar-refractivity contribution in [1.82, 2.24) is 9.97 Å². The summed E-state index contributed by atoms with van der Waals surface area (Å²) in [4.78, 5) is 23.2. The Hall–Kier alpha value is -3.41. The number of pyridine rings is 2. The molecule has 1 aliphatic rings. The van der Waals surface area contributed by atoms with Gasteiger partial charge in [-0.25, -0.2) is 4.98 Å². The number of anilines is 2. The molecule has 1 unspecified atom stereocenters. The summed E-state index contributed by atoms with van der Waals surface area (Å²) in [5.41, 5.74) is 4.68. The van der Waals surface area contributed by atoms with Crippen LogP contribution in [-0.2, 0) is 11.2 Å². The molecule has 1 N–H and O–H groups in total. The highest BCUT2D eigenvalue weighted by Gasteiger charge is 2.32. The predicted molar refractivity (Wildman–Crippen MR) is 105 cm³/mol. The van der Waals surface area contributed by atoms with E-state index in [-0.39, 0.29) is 5.91 Å². The van der Waals surface area contributed by atoms with E-state index in [1.54, 1.807) is 18.6 Å². The van der Waals surface area contributed by atoms with E-state index in [1.165, 1.54) is 0 Å². The molecule has 0 saturated carbocycles. The Morgan fingerprint density at radius 3 is 2.85 bits per heavy atom. The first-order valence-corrected chi connectivity index (χ1v) is 8.75. The minimum atomic E-state index is -0.603. The first-order valence-electron chi connectivity index (χ1n) is 8.75. The molecule has 6 nitrogen and oxygen atoms in total. The summed E-state index contributed by atoms with van der Waals surface area (Å²) in [5.74, 6) is 0.333. The molecule has 2 aromatic heterocycles. The summed E-state index contributed by atoms with van der Waals surface area (Å²) < 4.78 is 5.83. The molecule has 0 saturated heterocycles. The van der Waals surface area contributed by atoms with Crippen LogP contribution in [0.5, 0.6) is 5.88 Å². The second kappa shape index (κ2) is 7.07. The summed E-state index contributed by atoms with van der Waals surface area (Å²) in [5, 5.41) is 2.94. The third kappa shape index (κ3) is 3.46. The lowest BCUT2D eigenvalue weighted by molar-refractivity contribution is -0.122. The van der Waals surface area contributed by atoms with E-state index in [1.807, 2.05) is 61.5 Å². The highest BCUT2D eigenvalue weighted by molar-refractivity contribution is 5.95. The minimum absolute atomic E-state index is 0.180. The average molecular weight is 360 g/mol. The molecular formula is C21H20N4O2. The second-order valence-electron chi connectivity index (χ2n) is 6.63. The van der Waals surface area contributed by atoms with Crippen LogP contribution in [-0.4, -0.2) is 36.1 Å². The van der Waals surface area contributed by atoms with Gasteiger partial charge >= 0.3 is 0 Å². The molecule has 0 spiro atoms. The number of nitrogens with zero attached hydrogens (tertiary/aromatic N) is 3. The summed E-state index contributed by atoms with van der Waals surface area (Å²) in [7, 11) is 3.92. The van der Waals surface area contributed by atoms with Gasteiger partial charge in [0.2, 0.25) is 5.88 Å². The van der Waals surface area contributed by atoms with Gasteiger partial charge in [-0.2, -0.15) is 0 Å². The number of hydrogen-bond acceptors (Lipinski definition) is 5. The maximum atomic E-state index is 12.7. The maximum absolute atomic E-state index is 12.7. The molecule has 1 atom stereocenters. The number of benzene rings is 1. The number of carbonyl (C=O) groups is 1. The Morgan fingerprint density at radius 1 is 1.19 bits per heavy atom. The quantitative estimate of drug-likeness (QED) is 0.774. The SMILES string of the molecule is CN(C)c1cccc(NC(=O)C2Cc3c(-c4cccnc4)ccnc3O2)c1. The first kappa shape index (κ1) is 17.0. The fourth-order valence-electron chi connectivity index (χ4n) is 3.16. The van der Waals surface area contributed by atoms with Gasteiger partial charge in [0.25, 0.3) is 5.91 Å². The van der Waals surface area contributed by atoms with Crippen molar-refractivity contribution in [1.29, 1.82) is 0 Å². The molecule has 0 aliphatic carbocycles. The lowest BCUT2D eigenvalue weighted by atomic mass is 10.00. The number of rotatable bonds is 4. The zero-order chi connectivity index (χ0) is 18.8. The van der Waals surface area contributed by atoms with E-state index >= 15 is 0 Å². The topological polar surface area (TPSA) is 67.4 Å².